The number of hydrogen-bond donors (Lipinski definition) is 0. The first kappa shape index (κ1) is 18.7. The van der Waals surface area contributed by atoms with Crippen molar-refractivity contribution in [2.75, 3.05) is 26.4 Å². The van der Waals surface area contributed by atoms with Crippen molar-refractivity contribution in [3.05, 3.63) is 24.3 Å². The predicted molar refractivity (Wildman–Crippen MR) is 87.1 cm³/mol. The van der Waals surface area contributed by atoms with Crippen molar-refractivity contribution in [3.63, 3.8) is 0 Å². The van der Waals surface area contributed by atoms with E-state index < -0.39 is 8.80 Å². The summed E-state index contributed by atoms with van der Waals surface area (Å²) in [6.45, 7) is 7.90. The molecule has 0 aliphatic rings. The highest BCUT2D eigenvalue weighted by Gasteiger charge is 2.43. The molecule has 0 saturated heterocycles. The van der Waals surface area contributed by atoms with E-state index in [2.05, 4.69) is 6.07 Å². The van der Waals surface area contributed by atoms with Crippen molar-refractivity contribution >= 4 is 14.0 Å². The maximum atomic E-state index is 8.63. The van der Waals surface area contributed by atoms with Gasteiger partial charge in [0.15, 0.2) is 0 Å². The quantitative estimate of drug-likeness (QED) is 0.463. The Hall–Kier alpha value is -1.39. The largest absolute Gasteiger partial charge is 0.537 e. The van der Waals surface area contributed by atoms with Crippen LogP contribution in [0.1, 0.15) is 33.6 Å². The zero-order valence-electron chi connectivity index (χ0n) is 13.6. The number of nitriles is 1. The molecule has 0 aromatic heterocycles. The van der Waals surface area contributed by atoms with E-state index in [1.165, 1.54) is 0 Å². The fourth-order valence-corrected chi connectivity index (χ4v) is 4.53. The minimum atomic E-state index is -2.93. The molecule has 22 heavy (non-hydrogen) atoms. The van der Waals surface area contributed by atoms with Gasteiger partial charge in [0.1, 0.15) is 5.75 Å². The molecule has 0 N–H and O–H groups in total. The molecule has 0 aliphatic heterocycles. The molecule has 5 nitrogen and oxygen atoms in total. The van der Waals surface area contributed by atoms with Gasteiger partial charge in [0.2, 0.25) is 0 Å². The molecule has 0 fully saturated rings. The van der Waals surface area contributed by atoms with E-state index in [0.717, 1.165) is 10.9 Å². The van der Waals surface area contributed by atoms with Crippen molar-refractivity contribution in [1.29, 1.82) is 5.26 Å². The van der Waals surface area contributed by atoms with Crippen molar-refractivity contribution in [3.8, 4) is 11.8 Å². The Morgan fingerprint density at radius 1 is 0.955 bits per heavy atom. The summed E-state index contributed by atoms with van der Waals surface area (Å²) >= 11 is 0. The average Bonchev–Trinajstić information content (AvgIpc) is 2.53. The van der Waals surface area contributed by atoms with Gasteiger partial charge in [-0.25, -0.2) is 0 Å². The summed E-state index contributed by atoms with van der Waals surface area (Å²) in [5, 5.41) is 9.54. The second kappa shape index (κ2) is 10.4. The molecular weight excluding hydrogens is 298 g/mol. The van der Waals surface area contributed by atoms with Crippen molar-refractivity contribution in [2.24, 2.45) is 0 Å². The number of unbranched alkanes of at least 4 members (excludes halogenated alkanes) is 1. The lowest BCUT2D eigenvalue weighted by molar-refractivity contribution is 0.0807. The van der Waals surface area contributed by atoms with Gasteiger partial charge in [-0.15, -0.1) is 0 Å². The van der Waals surface area contributed by atoms with E-state index in [9.17, 15) is 0 Å². The van der Waals surface area contributed by atoms with Gasteiger partial charge in [0.05, 0.1) is 12.7 Å². The van der Waals surface area contributed by atoms with Crippen LogP contribution in [0.25, 0.3) is 0 Å². The fourth-order valence-electron chi connectivity index (χ4n) is 2.03. The molecule has 0 radical (unpaired) electrons. The van der Waals surface area contributed by atoms with Crippen LogP contribution in [-0.2, 0) is 13.3 Å². The zero-order valence-corrected chi connectivity index (χ0v) is 14.6. The lowest BCUT2D eigenvalue weighted by Gasteiger charge is -2.29. The standard InChI is InChI=1S/C16H25NO4Si/c1-4-18-15-9-11-16(12-10-15)22(19-5-2,20-6-3)21-14-8-7-13-17/h9-12H,4-8,14H2,1-3H3. The highest BCUT2D eigenvalue weighted by Crippen LogP contribution is 2.15. The molecule has 1 rings (SSSR count). The van der Waals surface area contributed by atoms with E-state index in [1.807, 2.05) is 45.0 Å². The number of ether oxygens (including phenoxy) is 1. The van der Waals surface area contributed by atoms with Crippen LogP contribution in [0.15, 0.2) is 24.3 Å². The number of hydrogen-bond acceptors (Lipinski definition) is 5. The summed E-state index contributed by atoms with van der Waals surface area (Å²) in [5.74, 6) is 0.812. The van der Waals surface area contributed by atoms with Crippen molar-refractivity contribution in [1.82, 2.24) is 0 Å². The van der Waals surface area contributed by atoms with E-state index >= 15 is 0 Å². The molecule has 6 heteroatoms. The first-order chi connectivity index (χ1) is 10.7. The van der Waals surface area contributed by atoms with Gasteiger partial charge >= 0.3 is 8.80 Å². The van der Waals surface area contributed by atoms with Crippen LogP contribution < -0.4 is 9.92 Å². The van der Waals surface area contributed by atoms with E-state index in [0.29, 0.717) is 39.3 Å². The molecule has 1 aromatic carbocycles. The van der Waals surface area contributed by atoms with Gasteiger partial charge in [0, 0.05) is 31.4 Å². The summed E-state index contributed by atoms with van der Waals surface area (Å²) in [6, 6.07) is 9.79. The Labute approximate surface area is 134 Å². The molecule has 0 atom stereocenters. The van der Waals surface area contributed by atoms with Crippen LogP contribution in [0.4, 0.5) is 0 Å². The second-order valence-electron chi connectivity index (χ2n) is 4.49. The third kappa shape index (κ3) is 5.43. The summed E-state index contributed by atoms with van der Waals surface area (Å²) in [6.07, 6.45) is 1.13. The van der Waals surface area contributed by atoms with Crippen LogP contribution in [0.5, 0.6) is 5.75 Å². The smallest absolute Gasteiger partial charge is 0.494 e. The maximum Gasteiger partial charge on any atom is 0.537 e. The van der Waals surface area contributed by atoms with Crippen LogP contribution in [0, 0.1) is 11.3 Å². The summed E-state index contributed by atoms with van der Waals surface area (Å²) in [5.41, 5.74) is 0. The first-order valence-electron chi connectivity index (χ1n) is 7.74. The fraction of sp³-hybridized carbons (Fsp3) is 0.562. The summed E-state index contributed by atoms with van der Waals surface area (Å²) in [4.78, 5) is 0. The second-order valence-corrected chi connectivity index (χ2v) is 7.05. The van der Waals surface area contributed by atoms with Gasteiger partial charge in [-0.1, -0.05) is 12.1 Å². The van der Waals surface area contributed by atoms with Crippen LogP contribution in [0.2, 0.25) is 0 Å². The molecule has 0 aliphatic carbocycles. The lowest BCUT2D eigenvalue weighted by atomic mass is 10.3. The van der Waals surface area contributed by atoms with Crippen molar-refractivity contribution in [2.45, 2.75) is 33.6 Å². The monoisotopic (exact) mass is 323 g/mol. The minimum absolute atomic E-state index is 0.451. The van der Waals surface area contributed by atoms with E-state index in [1.54, 1.807) is 0 Å². The predicted octanol–water partition coefficient (Wildman–Crippen LogP) is 2.62. The van der Waals surface area contributed by atoms with Gasteiger partial charge in [-0.3, -0.25) is 0 Å². The number of nitrogens with zero attached hydrogens (tertiary/aromatic N) is 1. The minimum Gasteiger partial charge on any atom is -0.494 e. The van der Waals surface area contributed by atoms with E-state index in [-0.39, 0.29) is 0 Å². The van der Waals surface area contributed by atoms with Gasteiger partial charge in [0.25, 0.3) is 0 Å². The lowest BCUT2D eigenvalue weighted by Crippen LogP contribution is -2.57. The highest BCUT2D eigenvalue weighted by atomic mass is 28.4. The molecule has 0 unspecified atom stereocenters. The zero-order chi connectivity index (χ0) is 16.3. The SMILES string of the molecule is CCOc1ccc([Si](OCC)(OCC)OCCCC#N)cc1. The summed E-state index contributed by atoms with van der Waals surface area (Å²) < 4.78 is 23.3. The Morgan fingerprint density at radius 3 is 2.09 bits per heavy atom. The van der Waals surface area contributed by atoms with Crippen molar-refractivity contribution < 1.29 is 18.0 Å². The Bertz CT molecular complexity index is 452. The number of rotatable bonds is 11. The topological polar surface area (TPSA) is 60.7 Å². The third-order valence-corrected chi connectivity index (χ3v) is 5.87. The molecule has 0 heterocycles. The molecule has 0 bridgehead atoms. The van der Waals surface area contributed by atoms with Gasteiger partial charge in [-0.05, 0) is 39.3 Å². The molecular formula is C16H25NO4Si. The Balaban J connectivity index is 2.92. The first-order valence-corrected chi connectivity index (χ1v) is 9.47. The molecule has 0 saturated carbocycles. The van der Waals surface area contributed by atoms with Crippen LogP contribution >= 0.6 is 0 Å². The van der Waals surface area contributed by atoms with Gasteiger partial charge < -0.3 is 18.0 Å². The third-order valence-electron chi connectivity index (χ3n) is 2.91. The van der Waals surface area contributed by atoms with Gasteiger partial charge in [-0.2, -0.15) is 5.26 Å². The molecule has 0 amide bonds. The van der Waals surface area contributed by atoms with Crippen LogP contribution in [-0.4, -0.2) is 35.2 Å². The Morgan fingerprint density at radius 2 is 1.59 bits per heavy atom. The van der Waals surface area contributed by atoms with Crippen LogP contribution in [0.3, 0.4) is 0 Å². The average molecular weight is 323 g/mol. The Kier molecular flexibility index (Phi) is 8.78. The summed E-state index contributed by atoms with van der Waals surface area (Å²) in [7, 11) is -2.93. The maximum absolute atomic E-state index is 8.63. The number of benzene rings is 1. The molecule has 1 aromatic rings. The molecule has 122 valence electrons. The normalized spacial score (nSPS) is 11.2. The van der Waals surface area contributed by atoms with E-state index in [4.69, 9.17) is 23.3 Å². The molecule has 0 spiro atoms. The highest BCUT2D eigenvalue weighted by molar-refractivity contribution is 6.75.